The number of hydrogen-bond acceptors (Lipinski definition) is 4. The van der Waals surface area contributed by atoms with Gasteiger partial charge in [-0.25, -0.2) is 0 Å². The van der Waals surface area contributed by atoms with Crippen molar-refractivity contribution in [3.63, 3.8) is 0 Å². The lowest BCUT2D eigenvalue weighted by Crippen LogP contribution is -2.46. The van der Waals surface area contributed by atoms with Crippen LogP contribution in [0.1, 0.15) is 31.9 Å². The molecule has 0 saturated carbocycles. The molecule has 0 bridgehead atoms. The van der Waals surface area contributed by atoms with Crippen LogP contribution in [0.2, 0.25) is 0 Å². The van der Waals surface area contributed by atoms with Crippen molar-refractivity contribution in [2.45, 2.75) is 32.6 Å². The number of piperidine rings is 1. The largest absolute Gasteiger partial charge is 0.355 e. The lowest BCUT2D eigenvalue weighted by Gasteiger charge is -2.31. The molecule has 1 saturated heterocycles. The third-order valence-corrected chi connectivity index (χ3v) is 3.51. The van der Waals surface area contributed by atoms with Gasteiger partial charge in [-0.1, -0.05) is 6.92 Å². The van der Waals surface area contributed by atoms with Crippen molar-refractivity contribution in [2.75, 3.05) is 19.6 Å². The Morgan fingerprint density at radius 2 is 2.45 bits per heavy atom. The molecule has 2 heterocycles. The summed E-state index contributed by atoms with van der Waals surface area (Å²) < 4.78 is 0. The molecule has 1 aromatic heterocycles. The first-order chi connectivity index (χ1) is 9.70. The third-order valence-electron chi connectivity index (χ3n) is 3.51. The molecule has 2 amide bonds. The molecule has 110 valence electrons. The van der Waals surface area contributed by atoms with Crippen LogP contribution >= 0.6 is 0 Å². The van der Waals surface area contributed by atoms with Crippen molar-refractivity contribution in [2.24, 2.45) is 5.92 Å². The van der Waals surface area contributed by atoms with Crippen molar-refractivity contribution < 1.29 is 9.59 Å². The average Bonchev–Trinajstić information content (AvgIpc) is 2.94. The maximum absolute atomic E-state index is 12.1. The van der Waals surface area contributed by atoms with Crippen LogP contribution in [0.5, 0.6) is 0 Å². The van der Waals surface area contributed by atoms with Gasteiger partial charge in [0.2, 0.25) is 11.8 Å². The van der Waals surface area contributed by atoms with E-state index in [1.54, 1.807) is 11.1 Å². The highest BCUT2D eigenvalue weighted by atomic mass is 16.2. The van der Waals surface area contributed by atoms with Crippen LogP contribution in [0, 0.1) is 5.92 Å². The second-order valence-electron chi connectivity index (χ2n) is 5.08. The Balaban J connectivity index is 1.75. The average molecular weight is 279 g/mol. The maximum Gasteiger partial charge on any atom is 0.224 e. The van der Waals surface area contributed by atoms with Crippen LogP contribution in [0.25, 0.3) is 0 Å². The third kappa shape index (κ3) is 3.79. The number of rotatable bonds is 6. The lowest BCUT2D eigenvalue weighted by molar-refractivity contribution is -0.138. The molecular formula is C13H21N5O2. The first-order valence-corrected chi connectivity index (χ1v) is 7.10. The van der Waals surface area contributed by atoms with E-state index in [9.17, 15) is 9.59 Å². The first kappa shape index (κ1) is 14.5. The molecule has 2 rings (SSSR count). The molecule has 1 aliphatic heterocycles. The van der Waals surface area contributed by atoms with E-state index in [-0.39, 0.29) is 17.7 Å². The smallest absolute Gasteiger partial charge is 0.224 e. The topological polar surface area (TPSA) is 91.0 Å². The highest BCUT2D eigenvalue weighted by molar-refractivity contribution is 5.83. The van der Waals surface area contributed by atoms with Crippen LogP contribution in [0.4, 0.5) is 0 Å². The number of likely N-dealkylation sites (tertiary alicyclic amines) is 1. The Bertz CT molecular complexity index is 446. The quantitative estimate of drug-likeness (QED) is 0.773. The van der Waals surface area contributed by atoms with E-state index < -0.39 is 0 Å². The molecule has 0 spiro atoms. The monoisotopic (exact) mass is 279 g/mol. The second kappa shape index (κ2) is 7.02. The molecule has 2 N–H and O–H groups in total. The summed E-state index contributed by atoms with van der Waals surface area (Å²) in [5.41, 5.74) is 0.830. The Morgan fingerprint density at radius 3 is 3.15 bits per heavy atom. The van der Waals surface area contributed by atoms with Gasteiger partial charge in [-0.2, -0.15) is 15.4 Å². The number of aromatic nitrogens is 3. The summed E-state index contributed by atoms with van der Waals surface area (Å²) >= 11 is 0. The van der Waals surface area contributed by atoms with E-state index in [4.69, 9.17) is 0 Å². The van der Waals surface area contributed by atoms with Crippen LogP contribution in [0.15, 0.2) is 6.20 Å². The van der Waals surface area contributed by atoms with E-state index in [1.165, 1.54) is 0 Å². The number of aromatic amines is 1. The Labute approximate surface area is 118 Å². The summed E-state index contributed by atoms with van der Waals surface area (Å²) in [6.45, 7) is 3.86. The summed E-state index contributed by atoms with van der Waals surface area (Å²) in [7, 11) is 0. The fraction of sp³-hybridized carbons (Fsp3) is 0.692. The number of nitrogens with zero attached hydrogens (tertiary/aromatic N) is 3. The van der Waals surface area contributed by atoms with Gasteiger partial charge in [0, 0.05) is 32.5 Å². The molecule has 7 heteroatoms. The van der Waals surface area contributed by atoms with Crippen LogP contribution in [-0.2, 0) is 16.0 Å². The molecule has 0 unspecified atom stereocenters. The second-order valence-corrected chi connectivity index (χ2v) is 5.08. The predicted molar refractivity (Wildman–Crippen MR) is 72.7 cm³/mol. The molecule has 1 aliphatic rings. The molecule has 0 aromatic carbocycles. The zero-order chi connectivity index (χ0) is 14.4. The molecule has 7 nitrogen and oxygen atoms in total. The Morgan fingerprint density at radius 1 is 1.60 bits per heavy atom. The minimum Gasteiger partial charge on any atom is -0.355 e. The van der Waals surface area contributed by atoms with Crippen molar-refractivity contribution in [3.8, 4) is 0 Å². The van der Waals surface area contributed by atoms with E-state index in [0.717, 1.165) is 18.7 Å². The van der Waals surface area contributed by atoms with Gasteiger partial charge in [0.1, 0.15) is 0 Å². The number of carbonyl (C=O) groups is 2. The van der Waals surface area contributed by atoms with Crippen LogP contribution in [0.3, 0.4) is 0 Å². The van der Waals surface area contributed by atoms with Gasteiger partial charge in [0.05, 0.1) is 17.8 Å². The van der Waals surface area contributed by atoms with Crippen molar-refractivity contribution in [1.29, 1.82) is 0 Å². The fourth-order valence-electron chi connectivity index (χ4n) is 2.42. The maximum atomic E-state index is 12.1. The number of hydrogen-bond donors (Lipinski definition) is 2. The zero-order valence-electron chi connectivity index (χ0n) is 11.8. The van der Waals surface area contributed by atoms with E-state index in [1.807, 2.05) is 6.92 Å². The SMILES string of the molecule is CCCN1C[C@@H](C(=O)NCCc2cn[nH]n2)CCC1=O. The van der Waals surface area contributed by atoms with Gasteiger partial charge in [-0.15, -0.1) is 0 Å². The zero-order valence-corrected chi connectivity index (χ0v) is 11.8. The minimum absolute atomic E-state index is 0.0297. The van der Waals surface area contributed by atoms with Crippen LogP contribution < -0.4 is 5.32 Å². The number of carbonyl (C=O) groups excluding carboxylic acids is 2. The summed E-state index contributed by atoms with van der Waals surface area (Å²) in [6.07, 6.45) is 4.35. The van der Waals surface area contributed by atoms with Gasteiger partial charge in [-0.05, 0) is 12.8 Å². The highest BCUT2D eigenvalue weighted by Gasteiger charge is 2.29. The molecule has 20 heavy (non-hydrogen) atoms. The molecule has 0 aliphatic carbocycles. The minimum atomic E-state index is -0.0865. The summed E-state index contributed by atoms with van der Waals surface area (Å²) in [6, 6.07) is 0. The van der Waals surface area contributed by atoms with Gasteiger partial charge < -0.3 is 10.2 Å². The molecular weight excluding hydrogens is 258 g/mol. The van der Waals surface area contributed by atoms with Crippen molar-refractivity contribution in [3.05, 3.63) is 11.9 Å². The Hall–Kier alpha value is -1.92. The lowest BCUT2D eigenvalue weighted by atomic mass is 9.96. The summed E-state index contributed by atoms with van der Waals surface area (Å²) in [5.74, 6) is 0.108. The molecule has 0 radical (unpaired) electrons. The molecule has 1 fully saturated rings. The van der Waals surface area contributed by atoms with Crippen LogP contribution in [-0.4, -0.2) is 51.8 Å². The summed E-state index contributed by atoms with van der Waals surface area (Å²) in [4.78, 5) is 25.6. The molecule has 1 atom stereocenters. The van der Waals surface area contributed by atoms with E-state index in [0.29, 0.717) is 32.4 Å². The van der Waals surface area contributed by atoms with Gasteiger partial charge in [0.15, 0.2) is 0 Å². The van der Waals surface area contributed by atoms with Gasteiger partial charge >= 0.3 is 0 Å². The number of amides is 2. The van der Waals surface area contributed by atoms with E-state index >= 15 is 0 Å². The van der Waals surface area contributed by atoms with Gasteiger partial charge in [-0.3, -0.25) is 9.59 Å². The highest BCUT2D eigenvalue weighted by Crippen LogP contribution is 2.17. The van der Waals surface area contributed by atoms with Gasteiger partial charge in [0.25, 0.3) is 0 Å². The predicted octanol–water partition coefficient (Wildman–Crippen LogP) is 0.112. The standard InChI is InChI=1S/C13H21N5O2/c1-2-7-18-9-10(3-4-12(18)19)13(20)14-6-5-11-8-15-17-16-11/h8,10H,2-7,9H2,1H3,(H,14,20)(H,15,16,17)/t10-/m0/s1. The normalized spacial score (nSPS) is 19.1. The fourth-order valence-corrected chi connectivity index (χ4v) is 2.42. The summed E-state index contributed by atoms with van der Waals surface area (Å²) in [5, 5.41) is 13.1. The number of nitrogens with one attached hydrogen (secondary N) is 2. The Kier molecular flexibility index (Phi) is 5.09. The van der Waals surface area contributed by atoms with E-state index in [2.05, 4.69) is 20.7 Å². The van der Waals surface area contributed by atoms with Crippen molar-refractivity contribution in [1.82, 2.24) is 25.6 Å². The first-order valence-electron chi connectivity index (χ1n) is 7.10. The molecule has 1 aromatic rings. The number of H-pyrrole nitrogens is 1. The van der Waals surface area contributed by atoms with Crippen molar-refractivity contribution >= 4 is 11.8 Å².